The third kappa shape index (κ3) is 5.86. The Bertz CT molecular complexity index is 1450. The highest BCUT2D eigenvalue weighted by Crippen LogP contribution is 2.52. The van der Waals surface area contributed by atoms with Gasteiger partial charge in [-0.25, -0.2) is 4.39 Å². The van der Waals surface area contributed by atoms with E-state index in [-0.39, 0.29) is 35.4 Å². The highest BCUT2D eigenvalue weighted by molar-refractivity contribution is 5.92. The van der Waals surface area contributed by atoms with Gasteiger partial charge in [0.1, 0.15) is 11.9 Å². The number of ether oxygens (including phenoxy) is 1. The van der Waals surface area contributed by atoms with Crippen molar-refractivity contribution in [2.75, 3.05) is 19.7 Å². The summed E-state index contributed by atoms with van der Waals surface area (Å²) in [4.78, 5) is 44.1. The molecule has 9 heteroatoms. The van der Waals surface area contributed by atoms with Crippen LogP contribution in [0.25, 0.3) is 10.9 Å². The van der Waals surface area contributed by atoms with E-state index in [4.69, 9.17) is 10.5 Å². The van der Waals surface area contributed by atoms with Crippen molar-refractivity contribution in [2.45, 2.75) is 75.8 Å². The Balaban J connectivity index is 1.34. The summed E-state index contributed by atoms with van der Waals surface area (Å²) in [5, 5.41) is 3.55. The molecule has 1 aliphatic heterocycles. The van der Waals surface area contributed by atoms with Crippen LogP contribution in [0.15, 0.2) is 48.7 Å². The molecule has 1 unspecified atom stereocenters. The Morgan fingerprint density at radius 2 is 1.93 bits per heavy atom. The summed E-state index contributed by atoms with van der Waals surface area (Å²) in [6.45, 7) is 6.43. The summed E-state index contributed by atoms with van der Waals surface area (Å²) in [7, 11) is 0. The van der Waals surface area contributed by atoms with Gasteiger partial charge in [-0.05, 0) is 86.3 Å². The summed E-state index contributed by atoms with van der Waals surface area (Å²) in [5.41, 5.74) is 8.73. The quantitative estimate of drug-likeness (QED) is 0.358. The van der Waals surface area contributed by atoms with Crippen LogP contribution in [0.5, 0.6) is 0 Å². The lowest BCUT2D eigenvalue weighted by Gasteiger charge is -2.41. The van der Waals surface area contributed by atoms with Crippen LogP contribution in [0.1, 0.15) is 69.1 Å². The van der Waals surface area contributed by atoms with E-state index in [9.17, 15) is 18.8 Å². The van der Waals surface area contributed by atoms with Crippen molar-refractivity contribution in [3.63, 3.8) is 0 Å². The fraction of sp³-hybridized carbons (Fsp3) is 0.469. The fourth-order valence-corrected chi connectivity index (χ4v) is 6.56. The molecule has 0 bridgehead atoms. The van der Waals surface area contributed by atoms with E-state index in [1.54, 1.807) is 26.1 Å². The van der Waals surface area contributed by atoms with Gasteiger partial charge >= 0.3 is 5.97 Å². The number of aromatic nitrogens is 1. The van der Waals surface area contributed by atoms with Gasteiger partial charge in [-0.1, -0.05) is 24.3 Å². The minimum atomic E-state index is -1.17. The smallest absolute Gasteiger partial charge is 0.306 e. The highest BCUT2D eigenvalue weighted by Gasteiger charge is 2.47. The van der Waals surface area contributed by atoms with E-state index in [1.165, 1.54) is 23.3 Å². The molecule has 1 fully saturated rings. The number of nitrogens with two attached hydrogens (primary N) is 1. The summed E-state index contributed by atoms with van der Waals surface area (Å²) in [5.74, 6) is -1.07. The lowest BCUT2D eigenvalue weighted by molar-refractivity contribution is -0.143. The number of benzene rings is 2. The lowest BCUT2D eigenvalue weighted by atomic mass is 9.73. The Hall–Kier alpha value is -3.72. The van der Waals surface area contributed by atoms with Gasteiger partial charge in [0.2, 0.25) is 11.8 Å². The molecule has 2 atom stereocenters. The largest absolute Gasteiger partial charge is 0.466 e. The van der Waals surface area contributed by atoms with Crippen molar-refractivity contribution in [3.8, 4) is 0 Å². The molecule has 2 aliphatic rings. The number of piperidine rings is 1. The molecule has 0 radical (unpaired) electrons. The van der Waals surface area contributed by atoms with Gasteiger partial charge in [-0.15, -0.1) is 0 Å². The molecule has 1 aliphatic carbocycles. The second-order valence-electron chi connectivity index (χ2n) is 12.1. The maximum Gasteiger partial charge on any atom is 0.306 e. The second kappa shape index (κ2) is 11.3. The molecule has 3 aromatic rings. The maximum atomic E-state index is 14.0. The standard InChI is InChI=1S/C32H39FN4O4/c1-4-41-28(38)16-20-18-32(25-8-6-5-7-23(20)25)11-13-37(14-12-32)29(39)27(36-30(40)31(2,3)34)15-21-19-35-26-10-9-22(33)17-24(21)26/h5-10,17,19-20,27,35H,4,11-16,18,34H2,1-3H3,(H,36,40)/t20-,27?/m0/s1. The predicted molar refractivity (Wildman–Crippen MR) is 155 cm³/mol. The average Bonchev–Trinajstić information content (AvgIpc) is 3.46. The maximum absolute atomic E-state index is 14.0. The topological polar surface area (TPSA) is 118 Å². The number of nitrogens with zero attached hydrogens (tertiary/aromatic N) is 1. The average molecular weight is 563 g/mol. The Morgan fingerprint density at radius 1 is 1.20 bits per heavy atom. The fourth-order valence-electron chi connectivity index (χ4n) is 6.56. The van der Waals surface area contributed by atoms with E-state index in [0.717, 1.165) is 30.3 Å². The molecule has 2 amide bonds. The zero-order valence-electron chi connectivity index (χ0n) is 24.0. The van der Waals surface area contributed by atoms with Gasteiger partial charge in [0.05, 0.1) is 18.6 Å². The monoisotopic (exact) mass is 562 g/mol. The van der Waals surface area contributed by atoms with Crippen molar-refractivity contribution in [2.24, 2.45) is 5.73 Å². The number of esters is 1. The van der Waals surface area contributed by atoms with Gasteiger partial charge in [0.25, 0.3) is 0 Å². The van der Waals surface area contributed by atoms with Gasteiger partial charge < -0.3 is 25.7 Å². The minimum absolute atomic E-state index is 0.0913. The van der Waals surface area contributed by atoms with Crippen molar-refractivity contribution in [3.05, 3.63) is 71.2 Å². The van der Waals surface area contributed by atoms with Gasteiger partial charge in [-0.3, -0.25) is 14.4 Å². The molecule has 2 heterocycles. The minimum Gasteiger partial charge on any atom is -0.466 e. The Morgan fingerprint density at radius 3 is 2.63 bits per heavy atom. The summed E-state index contributed by atoms with van der Waals surface area (Å²) < 4.78 is 19.3. The van der Waals surface area contributed by atoms with Crippen LogP contribution in [0.2, 0.25) is 0 Å². The zero-order chi connectivity index (χ0) is 29.4. The lowest BCUT2D eigenvalue weighted by Crippen LogP contribution is -2.58. The molecular weight excluding hydrogens is 523 g/mol. The van der Waals surface area contributed by atoms with E-state index < -0.39 is 17.5 Å². The number of likely N-dealkylation sites (tertiary alicyclic amines) is 1. The van der Waals surface area contributed by atoms with Crippen LogP contribution in [-0.2, 0) is 31.0 Å². The molecular formula is C32H39FN4O4. The molecule has 1 spiro atoms. The van der Waals surface area contributed by atoms with Gasteiger partial charge in [0, 0.05) is 36.6 Å². The molecule has 4 N–H and O–H groups in total. The van der Waals surface area contributed by atoms with Crippen LogP contribution in [0.4, 0.5) is 4.39 Å². The van der Waals surface area contributed by atoms with Crippen molar-refractivity contribution in [1.29, 1.82) is 0 Å². The number of H-pyrrole nitrogens is 1. The number of fused-ring (bicyclic) bond motifs is 3. The van der Waals surface area contributed by atoms with E-state index in [1.807, 2.05) is 24.0 Å². The first-order valence-electron chi connectivity index (χ1n) is 14.4. The van der Waals surface area contributed by atoms with Crippen LogP contribution in [0, 0.1) is 5.82 Å². The first-order valence-corrected chi connectivity index (χ1v) is 14.4. The summed E-state index contributed by atoms with van der Waals surface area (Å²) in [6.07, 6.45) is 4.68. The van der Waals surface area contributed by atoms with Crippen molar-refractivity contribution < 1.29 is 23.5 Å². The number of carbonyl (C=O) groups excluding carboxylic acids is 3. The number of carbonyl (C=O) groups is 3. The van der Waals surface area contributed by atoms with Crippen molar-refractivity contribution in [1.82, 2.24) is 15.2 Å². The predicted octanol–water partition coefficient (Wildman–Crippen LogP) is 4.07. The molecule has 41 heavy (non-hydrogen) atoms. The molecule has 0 saturated carbocycles. The van der Waals surface area contributed by atoms with Gasteiger partial charge in [-0.2, -0.15) is 0 Å². The first kappa shape index (κ1) is 28.8. The highest BCUT2D eigenvalue weighted by atomic mass is 19.1. The molecule has 1 saturated heterocycles. The second-order valence-corrected chi connectivity index (χ2v) is 12.1. The first-order chi connectivity index (χ1) is 19.5. The van der Waals surface area contributed by atoms with Crippen LogP contribution < -0.4 is 11.1 Å². The van der Waals surface area contributed by atoms with Gasteiger partial charge in [0.15, 0.2) is 0 Å². The number of amides is 2. The molecule has 8 nitrogen and oxygen atoms in total. The number of hydrogen-bond acceptors (Lipinski definition) is 5. The SMILES string of the molecule is CCOC(=O)C[C@H]1CC2(CCN(C(=O)C(Cc3c[nH]c4ccc(F)cc34)NC(=O)C(C)(C)N)CC2)c2ccccc21. The Labute approximate surface area is 239 Å². The van der Waals surface area contributed by atoms with Crippen LogP contribution in [-0.4, -0.2) is 58.9 Å². The van der Waals surface area contributed by atoms with Crippen LogP contribution >= 0.6 is 0 Å². The summed E-state index contributed by atoms with van der Waals surface area (Å²) >= 11 is 0. The van der Waals surface area contributed by atoms with E-state index in [0.29, 0.717) is 31.5 Å². The van der Waals surface area contributed by atoms with E-state index in [2.05, 4.69) is 22.4 Å². The molecule has 5 rings (SSSR count). The number of nitrogens with one attached hydrogen (secondary N) is 2. The number of halogens is 1. The number of aromatic amines is 1. The van der Waals surface area contributed by atoms with E-state index >= 15 is 0 Å². The molecule has 1 aromatic heterocycles. The zero-order valence-corrected chi connectivity index (χ0v) is 24.0. The van der Waals surface area contributed by atoms with Crippen molar-refractivity contribution >= 4 is 28.7 Å². The molecule has 2 aromatic carbocycles. The molecule has 218 valence electrons. The third-order valence-electron chi connectivity index (χ3n) is 8.70. The number of rotatable bonds is 8. The Kier molecular flexibility index (Phi) is 7.92. The summed E-state index contributed by atoms with van der Waals surface area (Å²) in [6, 6.07) is 11.9. The number of hydrogen-bond donors (Lipinski definition) is 3. The third-order valence-corrected chi connectivity index (χ3v) is 8.70. The van der Waals surface area contributed by atoms with Crippen LogP contribution in [0.3, 0.4) is 0 Å². The normalized spacial score (nSPS) is 18.8.